The zero-order valence-electron chi connectivity index (χ0n) is 13.6. The van der Waals surface area contributed by atoms with Crippen molar-refractivity contribution in [3.63, 3.8) is 0 Å². The maximum atomic E-state index is 12.4. The zero-order chi connectivity index (χ0) is 17.0. The van der Waals surface area contributed by atoms with Crippen molar-refractivity contribution in [2.75, 3.05) is 5.75 Å². The van der Waals surface area contributed by atoms with Crippen molar-refractivity contribution in [1.82, 2.24) is 15.0 Å². The third-order valence-corrected chi connectivity index (χ3v) is 4.95. The van der Waals surface area contributed by atoms with Crippen LogP contribution in [0, 0.1) is 0 Å². The third-order valence-electron chi connectivity index (χ3n) is 3.55. The average Bonchev–Trinajstić information content (AvgIpc) is 2.89. The van der Waals surface area contributed by atoms with Crippen molar-refractivity contribution in [3.05, 3.63) is 36.0 Å². The number of amides is 1. The number of carbonyl (C=O) groups excluding carboxylic acids is 1. The van der Waals surface area contributed by atoms with E-state index < -0.39 is 16.1 Å². The first kappa shape index (κ1) is 17.5. The van der Waals surface area contributed by atoms with Crippen molar-refractivity contribution in [3.8, 4) is 0 Å². The average molecular weight is 337 g/mol. The van der Waals surface area contributed by atoms with E-state index in [9.17, 15) is 13.2 Å². The molecule has 6 nitrogen and oxygen atoms in total. The minimum atomic E-state index is -3.48. The molecule has 1 atom stereocenters. The summed E-state index contributed by atoms with van der Waals surface area (Å²) in [4.78, 5) is 15.5. The van der Waals surface area contributed by atoms with E-state index in [4.69, 9.17) is 0 Å². The molecule has 1 aromatic carbocycles. The molecule has 1 aromatic heterocycles. The van der Waals surface area contributed by atoms with Crippen LogP contribution in [0.4, 0.5) is 0 Å². The van der Waals surface area contributed by atoms with Gasteiger partial charge in [-0.25, -0.2) is 13.1 Å². The summed E-state index contributed by atoms with van der Waals surface area (Å²) in [6.45, 7) is 5.23. The minimum Gasteiger partial charge on any atom is -0.361 e. The van der Waals surface area contributed by atoms with Gasteiger partial charge in [-0.3, -0.25) is 4.79 Å². The topological polar surface area (TPSA) is 91.1 Å². The molecule has 0 radical (unpaired) electrons. The van der Waals surface area contributed by atoms with E-state index >= 15 is 0 Å². The molecule has 0 saturated heterocycles. The maximum absolute atomic E-state index is 12.4. The molecule has 0 fully saturated rings. The quantitative estimate of drug-likeness (QED) is 0.716. The van der Waals surface area contributed by atoms with Crippen LogP contribution < -0.4 is 10.0 Å². The highest BCUT2D eigenvalue weighted by atomic mass is 32.2. The fourth-order valence-electron chi connectivity index (χ4n) is 2.39. The van der Waals surface area contributed by atoms with Crippen molar-refractivity contribution < 1.29 is 13.2 Å². The van der Waals surface area contributed by atoms with Gasteiger partial charge in [0.2, 0.25) is 15.9 Å². The van der Waals surface area contributed by atoms with Crippen LogP contribution >= 0.6 is 0 Å². The molecule has 2 rings (SSSR count). The lowest BCUT2D eigenvalue weighted by Crippen LogP contribution is -2.49. The first-order valence-corrected chi connectivity index (χ1v) is 9.33. The van der Waals surface area contributed by atoms with Gasteiger partial charge in [0.1, 0.15) is 6.04 Å². The minimum absolute atomic E-state index is 0.0564. The predicted octanol–water partition coefficient (Wildman–Crippen LogP) is 1.54. The number of sulfonamides is 1. The van der Waals surface area contributed by atoms with Gasteiger partial charge in [0.05, 0.1) is 5.75 Å². The number of hydrogen-bond donors (Lipinski definition) is 3. The number of para-hydroxylation sites is 1. The summed E-state index contributed by atoms with van der Waals surface area (Å²) in [5, 5.41) is 3.77. The Morgan fingerprint density at radius 1 is 1.26 bits per heavy atom. The van der Waals surface area contributed by atoms with E-state index in [0.717, 1.165) is 16.5 Å². The molecule has 0 aliphatic rings. The second kappa shape index (κ2) is 7.14. The lowest BCUT2D eigenvalue weighted by molar-refractivity contribution is -0.123. The van der Waals surface area contributed by atoms with Gasteiger partial charge in [0.15, 0.2) is 0 Å². The number of rotatable bonds is 7. The summed E-state index contributed by atoms with van der Waals surface area (Å²) in [6.07, 6.45) is 2.11. The van der Waals surface area contributed by atoms with Crippen molar-refractivity contribution in [2.24, 2.45) is 0 Å². The van der Waals surface area contributed by atoms with Crippen molar-refractivity contribution >= 4 is 26.8 Å². The Kier molecular flexibility index (Phi) is 5.43. The number of aromatic amines is 1. The Labute approximate surface area is 136 Å². The largest absolute Gasteiger partial charge is 0.361 e. The summed E-state index contributed by atoms with van der Waals surface area (Å²) in [7, 11) is -3.48. The highest BCUT2D eigenvalue weighted by Crippen LogP contribution is 2.19. The van der Waals surface area contributed by atoms with Gasteiger partial charge < -0.3 is 10.3 Å². The molecule has 3 N–H and O–H groups in total. The fourth-order valence-corrected chi connectivity index (χ4v) is 3.18. The van der Waals surface area contributed by atoms with Crippen LogP contribution in [0.5, 0.6) is 0 Å². The van der Waals surface area contributed by atoms with E-state index in [2.05, 4.69) is 15.0 Å². The van der Waals surface area contributed by atoms with Gasteiger partial charge in [-0.2, -0.15) is 0 Å². The molecule has 0 unspecified atom stereocenters. The molecule has 7 heteroatoms. The molecular weight excluding hydrogens is 314 g/mol. The van der Waals surface area contributed by atoms with Crippen LogP contribution in [-0.2, 0) is 21.2 Å². The number of hydrogen-bond acceptors (Lipinski definition) is 3. The highest BCUT2D eigenvalue weighted by Gasteiger charge is 2.25. The Hall–Kier alpha value is -1.86. The molecule has 0 aliphatic heterocycles. The second-order valence-corrected chi connectivity index (χ2v) is 7.84. The molecule has 0 saturated carbocycles. The first-order valence-electron chi connectivity index (χ1n) is 7.67. The maximum Gasteiger partial charge on any atom is 0.238 e. The molecule has 23 heavy (non-hydrogen) atoms. The molecule has 1 heterocycles. The third kappa shape index (κ3) is 4.56. The van der Waals surface area contributed by atoms with Gasteiger partial charge in [0.25, 0.3) is 0 Å². The van der Waals surface area contributed by atoms with Crippen LogP contribution in [0.3, 0.4) is 0 Å². The summed E-state index contributed by atoms with van der Waals surface area (Å²) in [5.74, 6) is -0.380. The van der Waals surface area contributed by atoms with Crippen LogP contribution in [0.25, 0.3) is 10.9 Å². The van der Waals surface area contributed by atoms with Gasteiger partial charge >= 0.3 is 0 Å². The molecule has 2 aromatic rings. The van der Waals surface area contributed by atoms with E-state index in [0.29, 0.717) is 6.42 Å². The van der Waals surface area contributed by atoms with E-state index in [1.54, 1.807) is 6.92 Å². The Morgan fingerprint density at radius 3 is 2.61 bits per heavy atom. The Morgan fingerprint density at radius 2 is 1.96 bits per heavy atom. The second-order valence-electron chi connectivity index (χ2n) is 5.80. The molecule has 0 aliphatic carbocycles. The number of H-pyrrole nitrogens is 1. The monoisotopic (exact) mass is 337 g/mol. The normalized spacial score (nSPS) is 13.4. The lowest BCUT2D eigenvalue weighted by Gasteiger charge is -2.19. The van der Waals surface area contributed by atoms with E-state index in [1.807, 2.05) is 44.3 Å². The van der Waals surface area contributed by atoms with Gasteiger partial charge in [0, 0.05) is 23.1 Å². The van der Waals surface area contributed by atoms with Crippen LogP contribution in [0.15, 0.2) is 30.5 Å². The number of fused-ring (bicyclic) bond motifs is 1. The van der Waals surface area contributed by atoms with Crippen LogP contribution in [0.1, 0.15) is 26.3 Å². The number of benzene rings is 1. The van der Waals surface area contributed by atoms with E-state index in [1.165, 1.54) is 0 Å². The van der Waals surface area contributed by atoms with Crippen molar-refractivity contribution in [1.29, 1.82) is 0 Å². The van der Waals surface area contributed by atoms with Crippen molar-refractivity contribution in [2.45, 2.75) is 39.3 Å². The van der Waals surface area contributed by atoms with Gasteiger partial charge in [-0.05, 0) is 38.8 Å². The smallest absolute Gasteiger partial charge is 0.238 e. The summed E-state index contributed by atoms with van der Waals surface area (Å²) >= 11 is 0. The molecule has 0 bridgehead atoms. The van der Waals surface area contributed by atoms with Crippen LogP contribution in [0.2, 0.25) is 0 Å². The summed E-state index contributed by atoms with van der Waals surface area (Å²) < 4.78 is 26.3. The van der Waals surface area contributed by atoms with Crippen LogP contribution in [-0.4, -0.2) is 37.1 Å². The SMILES string of the molecule is CCS(=O)(=O)N[C@@H](Cc1c[nH]c2ccccc12)C(=O)NC(C)C. The predicted molar refractivity (Wildman–Crippen MR) is 91.7 cm³/mol. The Balaban J connectivity index is 2.28. The molecular formula is C16H23N3O3S. The number of carbonyl (C=O) groups is 1. The summed E-state index contributed by atoms with van der Waals surface area (Å²) in [6, 6.07) is 6.84. The zero-order valence-corrected chi connectivity index (χ0v) is 14.4. The Bertz CT molecular complexity index is 781. The standard InChI is InChI=1S/C16H23N3O3S/c1-4-23(21,22)19-15(16(20)18-11(2)3)9-12-10-17-14-8-6-5-7-13(12)14/h5-8,10-11,15,17,19H,4,9H2,1-3H3,(H,18,20)/t15-/m0/s1. The molecule has 126 valence electrons. The lowest BCUT2D eigenvalue weighted by atomic mass is 10.0. The molecule has 1 amide bonds. The van der Waals surface area contributed by atoms with Gasteiger partial charge in [-0.1, -0.05) is 18.2 Å². The fraction of sp³-hybridized carbons (Fsp3) is 0.438. The molecule has 0 spiro atoms. The first-order chi connectivity index (χ1) is 10.8. The summed E-state index contributed by atoms with van der Waals surface area (Å²) in [5.41, 5.74) is 1.87. The van der Waals surface area contributed by atoms with Gasteiger partial charge in [-0.15, -0.1) is 0 Å². The van der Waals surface area contributed by atoms with E-state index in [-0.39, 0.29) is 17.7 Å². The number of nitrogens with one attached hydrogen (secondary N) is 3. The number of aromatic nitrogens is 1. The highest BCUT2D eigenvalue weighted by molar-refractivity contribution is 7.89.